The van der Waals surface area contributed by atoms with E-state index in [0.717, 1.165) is 12.1 Å². The molecule has 1 aromatic rings. The number of nitrogens with one attached hydrogen (secondary N) is 1. The average Bonchev–Trinajstić information content (AvgIpc) is 2.41. The van der Waals surface area contributed by atoms with E-state index in [0.29, 0.717) is 18.4 Å². The molecule has 0 bridgehead atoms. The summed E-state index contributed by atoms with van der Waals surface area (Å²) in [7, 11) is 0. The van der Waals surface area contributed by atoms with Crippen molar-refractivity contribution >= 4 is 11.9 Å². The highest BCUT2D eigenvalue weighted by atomic mass is 19.2. The molecule has 0 radical (unpaired) electrons. The minimum Gasteiger partial charge on any atom is -0.480 e. The molecular weight excluding hydrogens is 270 g/mol. The number of carbonyl (C=O) groups excluding carboxylic acids is 1. The Labute approximate surface area is 114 Å². The number of amides is 1. The summed E-state index contributed by atoms with van der Waals surface area (Å²) in [6, 6.07) is 2.50. The molecule has 0 saturated heterocycles. The van der Waals surface area contributed by atoms with Crippen molar-refractivity contribution < 1.29 is 23.5 Å². The third kappa shape index (κ3) is 4.93. The van der Waals surface area contributed by atoms with Crippen LogP contribution in [0.15, 0.2) is 18.2 Å². The van der Waals surface area contributed by atoms with Gasteiger partial charge < -0.3 is 16.2 Å². The molecule has 5 nitrogen and oxygen atoms in total. The minimum atomic E-state index is -1.16. The van der Waals surface area contributed by atoms with Crippen LogP contribution in [0.1, 0.15) is 18.4 Å². The predicted molar refractivity (Wildman–Crippen MR) is 67.9 cm³/mol. The van der Waals surface area contributed by atoms with Crippen LogP contribution in [-0.4, -0.2) is 29.6 Å². The van der Waals surface area contributed by atoms with Crippen LogP contribution < -0.4 is 11.1 Å². The first kappa shape index (κ1) is 16.0. The largest absolute Gasteiger partial charge is 0.480 e. The van der Waals surface area contributed by atoms with Crippen LogP contribution >= 0.6 is 0 Å². The van der Waals surface area contributed by atoms with E-state index in [1.54, 1.807) is 0 Å². The van der Waals surface area contributed by atoms with Crippen LogP contribution in [0.3, 0.4) is 0 Å². The molecule has 1 aromatic carbocycles. The molecule has 1 unspecified atom stereocenters. The predicted octanol–water partition coefficient (Wildman–Crippen LogP) is 0.816. The lowest BCUT2D eigenvalue weighted by atomic mass is 10.0. The molecule has 4 N–H and O–H groups in total. The fourth-order valence-electron chi connectivity index (χ4n) is 1.72. The highest BCUT2D eigenvalue weighted by Gasteiger charge is 2.18. The second kappa shape index (κ2) is 7.54. The van der Waals surface area contributed by atoms with E-state index in [1.807, 2.05) is 0 Å². The summed E-state index contributed by atoms with van der Waals surface area (Å²) in [4.78, 5) is 22.0. The molecule has 0 aliphatic rings. The lowest BCUT2D eigenvalue weighted by Crippen LogP contribution is -2.43. The van der Waals surface area contributed by atoms with Crippen LogP contribution in [0.2, 0.25) is 0 Å². The van der Waals surface area contributed by atoms with E-state index < -0.39 is 29.6 Å². The van der Waals surface area contributed by atoms with Crippen molar-refractivity contribution in [3.05, 3.63) is 35.4 Å². The summed E-state index contributed by atoms with van der Waals surface area (Å²) in [6.45, 7) is -0.285. The first-order chi connectivity index (χ1) is 9.43. The lowest BCUT2D eigenvalue weighted by Gasteiger charge is -2.13. The number of halogens is 2. The Morgan fingerprint density at radius 3 is 2.55 bits per heavy atom. The third-order valence-corrected chi connectivity index (χ3v) is 2.76. The first-order valence-corrected chi connectivity index (χ1v) is 6.10. The maximum atomic E-state index is 13.0. The van der Waals surface area contributed by atoms with Crippen molar-refractivity contribution in [1.82, 2.24) is 5.32 Å². The summed E-state index contributed by atoms with van der Waals surface area (Å²) in [5.74, 6) is -3.57. The molecule has 1 rings (SSSR count). The number of aliphatic carboxylic acids is 1. The summed E-state index contributed by atoms with van der Waals surface area (Å²) >= 11 is 0. The monoisotopic (exact) mass is 286 g/mol. The first-order valence-electron chi connectivity index (χ1n) is 6.10. The highest BCUT2D eigenvalue weighted by molar-refractivity contribution is 5.84. The molecule has 0 saturated carbocycles. The van der Waals surface area contributed by atoms with Crippen LogP contribution in [-0.2, 0) is 16.0 Å². The molecule has 0 heterocycles. The molecular formula is C13H16F2N2O3. The number of carbonyl (C=O) groups is 2. The number of aryl methyl sites for hydroxylation is 1. The van der Waals surface area contributed by atoms with Gasteiger partial charge in [-0.1, -0.05) is 6.07 Å². The van der Waals surface area contributed by atoms with Crippen molar-refractivity contribution in [3.63, 3.8) is 0 Å². The Hall–Kier alpha value is -2.02. The summed E-state index contributed by atoms with van der Waals surface area (Å²) in [5.41, 5.74) is 5.66. The van der Waals surface area contributed by atoms with Gasteiger partial charge in [0.2, 0.25) is 5.91 Å². The van der Waals surface area contributed by atoms with Gasteiger partial charge in [0.05, 0.1) is 6.54 Å². The van der Waals surface area contributed by atoms with Gasteiger partial charge in [0, 0.05) is 0 Å². The maximum Gasteiger partial charge on any atom is 0.326 e. The highest BCUT2D eigenvalue weighted by Crippen LogP contribution is 2.12. The summed E-state index contributed by atoms with van der Waals surface area (Å²) in [5, 5.41) is 11.2. The zero-order chi connectivity index (χ0) is 15.1. The molecule has 0 aromatic heterocycles. The molecule has 110 valence electrons. The second-order valence-electron chi connectivity index (χ2n) is 4.30. The van der Waals surface area contributed by atoms with Gasteiger partial charge in [-0.05, 0) is 37.0 Å². The van der Waals surface area contributed by atoms with Gasteiger partial charge in [-0.3, -0.25) is 4.79 Å². The van der Waals surface area contributed by atoms with Gasteiger partial charge in [0.1, 0.15) is 6.04 Å². The van der Waals surface area contributed by atoms with Crippen LogP contribution in [0.5, 0.6) is 0 Å². The quantitative estimate of drug-likeness (QED) is 0.691. The molecule has 1 amide bonds. The van der Waals surface area contributed by atoms with Gasteiger partial charge in [-0.2, -0.15) is 0 Å². The molecule has 7 heteroatoms. The molecule has 1 atom stereocenters. The number of carboxylic acid groups (broad SMARTS) is 1. The minimum absolute atomic E-state index is 0.181. The Morgan fingerprint density at radius 1 is 1.30 bits per heavy atom. The van der Waals surface area contributed by atoms with Crippen molar-refractivity contribution in [2.45, 2.75) is 25.3 Å². The molecule has 0 spiro atoms. The van der Waals surface area contributed by atoms with Gasteiger partial charge in [-0.25, -0.2) is 13.6 Å². The van der Waals surface area contributed by atoms with E-state index in [2.05, 4.69) is 5.32 Å². The zero-order valence-electron chi connectivity index (χ0n) is 10.7. The van der Waals surface area contributed by atoms with Crippen molar-refractivity contribution in [3.8, 4) is 0 Å². The number of hydrogen-bond donors (Lipinski definition) is 3. The Kier molecular flexibility index (Phi) is 6.05. The Balaban J connectivity index is 2.49. The molecule has 0 aliphatic heterocycles. The number of benzene rings is 1. The smallest absolute Gasteiger partial charge is 0.326 e. The average molecular weight is 286 g/mol. The van der Waals surface area contributed by atoms with Crippen molar-refractivity contribution in [2.75, 3.05) is 6.54 Å². The Bertz CT molecular complexity index is 495. The number of nitrogens with two attached hydrogens (primary N) is 1. The third-order valence-electron chi connectivity index (χ3n) is 2.76. The van der Waals surface area contributed by atoms with E-state index in [9.17, 15) is 18.4 Å². The van der Waals surface area contributed by atoms with Crippen LogP contribution in [0.25, 0.3) is 0 Å². The van der Waals surface area contributed by atoms with Crippen LogP contribution in [0, 0.1) is 11.6 Å². The molecule has 20 heavy (non-hydrogen) atoms. The zero-order valence-corrected chi connectivity index (χ0v) is 10.7. The normalized spacial score (nSPS) is 11.9. The van der Waals surface area contributed by atoms with Gasteiger partial charge in [0.25, 0.3) is 0 Å². The fourth-order valence-corrected chi connectivity index (χ4v) is 1.72. The lowest BCUT2D eigenvalue weighted by molar-refractivity contribution is -0.141. The number of rotatable bonds is 7. The van der Waals surface area contributed by atoms with E-state index in [1.165, 1.54) is 6.07 Å². The van der Waals surface area contributed by atoms with Crippen molar-refractivity contribution in [2.24, 2.45) is 5.73 Å². The number of hydrogen-bond acceptors (Lipinski definition) is 3. The van der Waals surface area contributed by atoms with Gasteiger partial charge >= 0.3 is 5.97 Å². The Morgan fingerprint density at radius 2 is 2.00 bits per heavy atom. The maximum absolute atomic E-state index is 13.0. The molecule has 0 aliphatic carbocycles. The standard InChI is InChI=1S/C13H16F2N2O3/c14-9-5-4-8(6-10(9)15)2-1-3-11(13(19)20)17-12(18)7-16/h4-6,11H,1-3,7,16H2,(H,17,18)(H,19,20). The van der Waals surface area contributed by atoms with E-state index in [-0.39, 0.29) is 13.0 Å². The topological polar surface area (TPSA) is 92.4 Å². The summed E-state index contributed by atoms with van der Waals surface area (Å²) < 4.78 is 25.7. The SMILES string of the molecule is NCC(=O)NC(CCCc1ccc(F)c(F)c1)C(=O)O. The van der Waals surface area contributed by atoms with E-state index >= 15 is 0 Å². The van der Waals surface area contributed by atoms with Crippen molar-refractivity contribution in [1.29, 1.82) is 0 Å². The molecule has 0 fully saturated rings. The second-order valence-corrected chi connectivity index (χ2v) is 4.30. The van der Waals surface area contributed by atoms with Gasteiger partial charge in [0.15, 0.2) is 11.6 Å². The van der Waals surface area contributed by atoms with E-state index in [4.69, 9.17) is 10.8 Å². The fraction of sp³-hybridized carbons (Fsp3) is 0.385. The van der Waals surface area contributed by atoms with Crippen LogP contribution in [0.4, 0.5) is 8.78 Å². The van der Waals surface area contributed by atoms with Gasteiger partial charge in [-0.15, -0.1) is 0 Å². The summed E-state index contributed by atoms with van der Waals surface area (Å²) in [6.07, 6.45) is 0.979. The number of carboxylic acids is 1.